The standard InChI is InChI=1S/C15H14BrF3N2/c1-8-6-9(2-4-12(8)17)14(21-20)7-10-13(18)5-3-11(16)15(10)19/h2-6,14,21H,7,20H2,1H3. The first kappa shape index (κ1) is 16.0. The highest BCUT2D eigenvalue weighted by Crippen LogP contribution is 2.27. The lowest BCUT2D eigenvalue weighted by Gasteiger charge is -2.18. The zero-order valence-electron chi connectivity index (χ0n) is 11.3. The molecular formula is C15H14BrF3N2. The molecule has 0 heterocycles. The van der Waals surface area contributed by atoms with Gasteiger partial charge in [-0.25, -0.2) is 13.2 Å². The van der Waals surface area contributed by atoms with Crippen LogP contribution >= 0.6 is 15.9 Å². The molecule has 0 amide bonds. The number of benzene rings is 2. The van der Waals surface area contributed by atoms with Gasteiger partial charge in [0, 0.05) is 5.56 Å². The summed E-state index contributed by atoms with van der Waals surface area (Å²) in [6, 6.07) is 6.42. The molecule has 0 aliphatic heterocycles. The van der Waals surface area contributed by atoms with E-state index in [1.165, 1.54) is 18.2 Å². The third-order valence-electron chi connectivity index (χ3n) is 3.33. The molecule has 0 fully saturated rings. The number of halogens is 4. The highest BCUT2D eigenvalue weighted by molar-refractivity contribution is 9.10. The van der Waals surface area contributed by atoms with Crippen molar-refractivity contribution in [1.82, 2.24) is 5.43 Å². The van der Waals surface area contributed by atoms with Crippen LogP contribution in [0.25, 0.3) is 0 Å². The number of hydrogen-bond acceptors (Lipinski definition) is 2. The van der Waals surface area contributed by atoms with E-state index in [-0.39, 0.29) is 22.3 Å². The van der Waals surface area contributed by atoms with Crippen LogP contribution in [-0.4, -0.2) is 0 Å². The number of nitrogens with one attached hydrogen (secondary N) is 1. The summed E-state index contributed by atoms with van der Waals surface area (Å²) in [5.74, 6) is 3.84. The molecule has 2 nitrogen and oxygen atoms in total. The van der Waals surface area contributed by atoms with Gasteiger partial charge in [-0.15, -0.1) is 0 Å². The lowest BCUT2D eigenvalue weighted by molar-refractivity contribution is 0.497. The average Bonchev–Trinajstić information content (AvgIpc) is 2.47. The second-order valence-electron chi connectivity index (χ2n) is 4.75. The van der Waals surface area contributed by atoms with Crippen molar-refractivity contribution in [1.29, 1.82) is 0 Å². The van der Waals surface area contributed by atoms with Crippen LogP contribution in [0.2, 0.25) is 0 Å². The Hall–Kier alpha value is -1.37. The number of rotatable bonds is 4. The van der Waals surface area contributed by atoms with E-state index in [1.54, 1.807) is 19.1 Å². The van der Waals surface area contributed by atoms with Crippen molar-refractivity contribution >= 4 is 15.9 Å². The van der Waals surface area contributed by atoms with Crippen LogP contribution in [-0.2, 0) is 6.42 Å². The molecule has 112 valence electrons. The van der Waals surface area contributed by atoms with E-state index in [4.69, 9.17) is 5.84 Å². The molecule has 0 bridgehead atoms. The number of nitrogens with two attached hydrogens (primary N) is 1. The summed E-state index contributed by atoms with van der Waals surface area (Å²) < 4.78 is 41.3. The summed E-state index contributed by atoms with van der Waals surface area (Å²) in [4.78, 5) is 0. The van der Waals surface area contributed by atoms with E-state index in [0.717, 1.165) is 0 Å². The maximum atomic E-state index is 14.0. The summed E-state index contributed by atoms with van der Waals surface area (Å²) in [5.41, 5.74) is 3.55. The molecule has 1 unspecified atom stereocenters. The first-order chi connectivity index (χ1) is 9.93. The molecule has 2 aromatic rings. The van der Waals surface area contributed by atoms with Crippen LogP contribution in [0, 0.1) is 24.4 Å². The molecule has 6 heteroatoms. The van der Waals surface area contributed by atoms with E-state index in [0.29, 0.717) is 11.1 Å². The molecular weight excluding hydrogens is 345 g/mol. The summed E-state index contributed by atoms with van der Waals surface area (Å²) in [6.07, 6.45) is 0.0126. The Balaban J connectivity index is 2.35. The van der Waals surface area contributed by atoms with Crippen LogP contribution in [0.15, 0.2) is 34.8 Å². The maximum absolute atomic E-state index is 14.0. The second-order valence-corrected chi connectivity index (χ2v) is 5.61. The Morgan fingerprint density at radius 2 is 1.81 bits per heavy atom. The van der Waals surface area contributed by atoms with Crippen molar-refractivity contribution in [2.24, 2.45) is 5.84 Å². The summed E-state index contributed by atoms with van der Waals surface area (Å²) >= 11 is 3.03. The summed E-state index contributed by atoms with van der Waals surface area (Å²) in [7, 11) is 0. The molecule has 0 aliphatic rings. The lowest BCUT2D eigenvalue weighted by atomic mass is 9.97. The molecule has 0 radical (unpaired) electrons. The van der Waals surface area contributed by atoms with Gasteiger partial charge in [-0.3, -0.25) is 11.3 Å². The minimum absolute atomic E-state index is 0.0126. The molecule has 0 aliphatic carbocycles. The fourth-order valence-electron chi connectivity index (χ4n) is 2.12. The predicted octanol–water partition coefficient (Wildman–Crippen LogP) is 3.92. The molecule has 2 rings (SSSR count). The Bertz CT molecular complexity index is 662. The Kier molecular flexibility index (Phi) is 5.03. The van der Waals surface area contributed by atoms with Crippen molar-refractivity contribution in [2.45, 2.75) is 19.4 Å². The minimum Gasteiger partial charge on any atom is -0.271 e. The second kappa shape index (κ2) is 6.60. The third-order valence-corrected chi connectivity index (χ3v) is 3.95. The van der Waals surface area contributed by atoms with Gasteiger partial charge in [0.05, 0.1) is 10.5 Å². The fraction of sp³-hybridized carbons (Fsp3) is 0.200. The van der Waals surface area contributed by atoms with Gasteiger partial charge in [-0.1, -0.05) is 12.1 Å². The molecule has 2 aromatic carbocycles. The predicted molar refractivity (Wildman–Crippen MR) is 79.0 cm³/mol. The van der Waals surface area contributed by atoms with Crippen molar-refractivity contribution in [3.8, 4) is 0 Å². The van der Waals surface area contributed by atoms with Gasteiger partial charge >= 0.3 is 0 Å². The highest BCUT2D eigenvalue weighted by atomic mass is 79.9. The SMILES string of the molecule is Cc1cc(C(Cc2c(F)ccc(Br)c2F)NN)ccc1F. The fourth-order valence-corrected chi connectivity index (χ4v) is 2.49. The zero-order valence-corrected chi connectivity index (χ0v) is 12.8. The number of hydrazine groups is 1. The molecule has 0 spiro atoms. The van der Waals surface area contributed by atoms with Crippen LogP contribution in [0.5, 0.6) is 0 Å². The van der Waals surface area contributed by atoms with E-state index in [9.17, 15) is 13.2 Å². The van der Waals surface area contributed by atoms with Crippen molar-refractivity contribution in [3.63, 3.8) is 0 Å². The zero-order chi connectivity index (χ0) is 15.6. The quantitative estimate of drug-likeness (QED) is 0.493. The highest BCUT2D eigenvalue weighted by Gasteiger charge is 2.19. The molecule has 0 saturated heterocycles. The lowest BCUT2D eigenvalue weighted by Crippen LogP contribution is -2.30. The van der Waals surface area contributed by atoms with E-state index in [2.05, 4.69) is 21.4 Å². The first-order valence-electron chi connectivity index (χ1n) is 6.28. The number of aryl methyl sites for hydroxylation is 1. The van der Waals surface area contributed by atoms with Crippen molar-refractivity contribution in [2.75, 3.05) is 0 Å². The summed E-state index contributed by atoms with van der Waals surface area (Å²) in [6.45, 7) is 1.62. The van der Waals surface area contributed by atoms with Gasteiger partial charge in [0.1, 0.15) is 17.5 Å². The van der Waals surface area contributed by atoms with E-state index >= 15 is 0 Å². The van der Waals surface area contributed by atoms with E-state index in [1.807, 2.05) is 0 Å². The molecule has 3 N–H and O–H groups in total. The first-order valence-corrected chi connectivity index (χ1v) is 7.08. The van der Waals surface area contributed by atoms with Gasteiger partial charge in [-0.05, 0) is 58.6 Å². The monoisotopic (exact) mass is 358 g/mol. The molecule has 1 atom stereocenters. The van der Waals surface area contributed by atoms with Crippen LogP contribution < -0.4 is 11.3 Å². The third kappa shape index (κ3) is 3.45. The van der Waals surface area contributed by atoms with Gasteiger partial charge in [-0.2, -0.15) is 0 Å². The minimum atomic E-state index is -0.658. The number of hydrogen-bond donors (Lipinski definition) is 2. The van der Waals surface area contributed by atoms with Gasteiger partial charge in [0.25, 0.3) is 0 Å². The Morgan fingerprint density at radius 3 is 2.43 bits per heavy atom. The summed E-state index contributed by atoms with van der Waals surface area (Å²) in [5, 5.41) is 0. The van der Waals surface area contributed by atoms with Crippen molar-refractivity contribution in [3.05, 3.63) is 68.9 Å². The average molecular weight is 359 g/mol. The van der Waals surface area contributed by atoms with Crippen LogP contribution in [0.3, 0.4) is 0 Å². The molecule has 0 saturated carbocycles. The van der Waals surface area contributed by atoms with Crippen LogP contribution in [0.4, 0.5) is 13.2 Å². The Morgan fingerprint density at radius 1 is 1.14 bits per heavy atom. The van der Waals surface area contributed by atoms with Gasteiger partial charge < -0.3 is 0 Å². The molecule has 0 aromatic heterocycles. The Labute approximate surface area is 129 Å². The topological polar surface area (TPSA) is 38.0 Å². The van der Waals surface area contributed by atoms with E-state index < -0.39 is 17.7 Å². The largest absolute Gasteiger partial charge is 0.271 e. The smallest absolute Gasteiger partial charge is 0.143 e. The molecule has 21 heavy (non-hydrogen) atoms. The van der Waals surface area contributed by atoms with Crippen LogP contribution in [0.1, 0.15) is 22.7 Å². The van der Waals surface area contributed by atoms with Gasteiger partial charge in [0.2, 0.25) is 0 Å². The van der Waals surface area contributed by atoms with Crippen molar-refractivity contribution < 1.29 is 13.2 Å². The maximum Gasteiger partial charge on any atom is 0.143 e. The van der Waals surface area contributed by atoms with Gasteiger partial charge in [0.15, 0.2) is 0 Å². The normalized spacial score (nSPS) is 12.5.